The SMILES string of the molecule is CC(C)CN(C[C@H](CCc1ccccc1)C(=O)OCc1ccccc1)C(=O)N[C@H](C(=O)O)C(Cc1ccccc1)c1ccc(-c2cccc3ccccc23)cc1. The molecule has 6 aromatic carbocycles. The molecule has 56 heavy (non-hydrogen) atoms. The van der Waals surface area contributed by atoms with E-state index in [1.165, 1.54) is 0 Å². The van der Waals surface area contributed by atoms with Crippen LogP contribution in [0.3, 0.4) is 0 Å². The number of carboxylic acids is 1. The average molecular weight is 747 g/mol. The number of fused-ring (bicyclic) bond motifs is 1. The van der Waals surface area contributed by atoms with E-state index in [-0.39, 0.29) is 19.1 Å². The lowest BCUT2D eigenvalue weighted by Gasteiger charge is -2.32. The highest BCUT2D eigenvalue weighted by atomic mass is 16.5. The highest BCUT2D eigenvalue weighted by Gasteiger charge is 2.34. The van der Waals surface area contributed by atoms with Crippen molar-refractivity contribution in [2.24, 2.45) is 11.8 Å². The summed E-state index contributed by atoms with van der Waals surface area (Å²) in [5, 5.41) is 16.0. The Morgan fingerprint density at radius 3 is 1.89 bits per heavy atom. The number of nitrogens with one attached hydrogen (secondary N) is 1. The molecule has 1 unspecified atom stereocenters. The van der Waals surface area contributed by atoms with Gasteiger partial charge in [-0.25, -0.2) is 9.59 Å². The number of aliphatic carboxylic acids is 1. The van der Waals surface area contributed by atoms with Crippen LogP contribution >= 0.6 is 0 Å². The minimum Gasteiger partial charge on any atom is -0.480 e. The predicted octanol–water partition coefficient (Wildman–Crippen LogP) is 9.95. The fraction of sp³-hybridized carbons (Fsp3) is 0.245. The maximum Gasteiger partial charge on any atom is 0.326 e. The van der Waals surface area contributed by atoms with Gasteiger partial charge < -0.3 is 20.1 Å². The van der Waals surface area contributed by atoms with Gasteiger partial charge >= 0.3 is 18.0 Å². The summed E-state index contributed by atoms with van der Waals surface area (Å²) in [6.45, 7) is 4.53. The van der Waals surface area contributed by atoms with Crippen molar-refractivity contribution in [1.82, 2.24) is 10.2 Å². The standard InChI is InChI=1S/C49H50N2O5/c1-35(2)32-51(33-42(26-25-36-15-6-3-7-16-36)48(54)56-34-38-19-10-5-11-20-38)49(55)50-46(47(52)53)45(31-37-17-8-4-9-18-37)41-29-27-40(28-30-41)44-24-14-22-39-21-12-13-23-43(39)44/h3-24,27-30,35,42,45-46H,25-26,31-34H2,1-2H3,(H,50,55)(H,52,53)/t42-,45?,46-/m0/s1. The van der Waals surface area contributed by atoms with Crippen molar-refractivity contribution in [3.63, 3.8) is 0 Å². The fourth-order valence-corrected chi connectivity index (χ4v) is 7.30. The van der Waals surface area contributed by atoms with Crippen molar-refractivity contribution in [3.8, 4) is 11.1 Å². The molecule has 0 aromatic heterocycles. The molecule has 0 saturated heterocycles. The number of aryl methyl sites for hydroxylation is 1. The summed E-state index contributed by atoms with van der Waals surface area (Å²) >= 11 is 0. The molecule has 7 nitrogen and oxygen atoms in total. The van der Waals surface area contributed by atoms with Gasteiger partial charge in [0.05, 0.1) is 5.92 Å². The molecule has 7 heteroatoms. The van der Waals surface area contributed by atoms with Gasteiger partial charge in [0.15, 0.2) is 0 Å². The zero-order valence-corrected chi connectivity index (χ0v) is 32.1. The van der Waals surface area contributed by atoms with Crippen LogP contribution in [0.5, 0.6) is 0 Å². The number of carbonyl (C=O) groups is 3. The quantitative estimate of drug-likeness (QED) is 0.0907. The number of hydrogen-bond donors (Lipinski definition) is 2. The maximum atomic E-state index is 14.4. The molecule has 0 spiro atoms. The van der Waals surface area contributed by atoms with Crippen molar-refractivity contribution in [2.75, 3.05) is 13.1 Å². The monoisotopic (exact) mass is 746 g/mol. The van der Waals surface area contributed by atoms with E-state index in [2.05, 4.69) is 29.6 Å². The first-order chi connectivity index (χ1) is 27.2. The second-order valence-corrected chi connectivity index (χ2v) is 14.8. The van der Waals surface area contributed by atoms with Crippen LogP contribution in [0.2, 0.25) is 0 Å². The topological polar surface area (TPSA) is 95.9 Å². The normalized spacial score (nSPS) is 12.8. The van der Waals surface area contributed by atoms with Gasteiger partial charge in [0.1, 0.15) is 12.6 Å². The van der Waals surface area contributed by atoms with Gasteiger partial charge in [0.2, 0.25) is 0 Å². The fourth-order valence-electron chi connectivity index (χ4n) is 7.30. The molecule has 2 N–H and O–H groups in total. The Morgan fingerprint density at radius 2 is 1.25 bits per heavy atom. The van der Waals surface area contributed by atoms with Crippen LogP contribution in [0.15, 0.2) is 158 Å². The summed E-state index contributed by atoms with van der Waals surface area (Å²) in [5.74, 6) is -2.69. The third-order valence-electron chi connectivity index (χ3n) is 10.2. The van der Waals surface area contributed by atoms with Crippen LogP contribution in [0.4, 0.5) is 4.79 Å². The molecular weight excluding hydrogens is 697 g/mol. The lowest BCUT2D eigenvalue weighted by atomic mass is 9.84. The summed E-state index contributed by atoms with van der Waals surface area (Å²) in [4.78, 5) is 42.9. The summed E-state index contributed by atoms with van der Waals surface area (Å²) in [5.41, 5.74) is 5.81. The van der Waals surface area contributed by atoms with E-state index in [4.69, 9.17) is 4.74 Å². The van der Waals surface area contributed by atoms with Crippen molar-refractivity contribution >= 4 is 28.7 Å². The third-order valence-corrected chi connectivity index (χ3v) is 10.2. The van der Waals surface area contributed by atoms with Gasteiger partial charge in [-0.05, 0) is 69.3 Å². The Bertz CT molecular complexity index is 2170. The zero-order chi connectivity index (χ0) is 39.3. The summed E-state index contributed by atoms with van der Waals surface area (Å²) in [7, 11) is 0. The van der Waals surface area contributed by atoms with Gasteiger partial charge in [-0.15, -0.1) is 0 Å². The first-order valence-electron chi connectivity index (χ1n) is 19.4. The molecule has 0 aliphatic heterocycles. The van der Waals surface area contributed by atoms with Crippen LogP contribution in [0, 0.1) is 11.8 Å². The second-order valence-electron chi connectivity index (χ2n) is 14.8. The van der Waals surface area contributed by atoms with E-state index >= 15 is 0 Å². The summed E-state index contributed by atoms with van der Waals surface area (Å²) in [6.07, 6.45) is 1.47. The van der Waals surface area contributed by atoms with Crippen LogP contribution in [-0.4, -0.2) is 47.1 Å². The van der Waals surface area contributed by atoms with Crippen LogP contribution in [-0.2, 0) is 33.8 Å². The number of carboxylic acid groups (broad SMARTS) is 1. The lowest BCUT2D eigenvalue weighted by molar-refractivity contribution is -0.150. The van der Waals surface area contributed by atoms with Gasteiger partial charge in [-0.1, -0.05) is 172 Å². The van der Waals surface area contributed by atoms with E-state index in [1.807, 2.05) is 147 Å². The average Bonchev–Trinajstić information content (AvgIpc) is 3.23. The number of rotatable bonds is 17. The Balaban J connectivity index is 1.27. The second kappa shape index (κ2) is 19.4. The third kappa shape index (κ3) is 10.7. The lowest BCUT2D eigenvalue weighted by Crippen LogP contribution is -2.53. The molecule has 0 saturated carbocycles. The number of amides is 2. The number of carbonyl (C=O) groups excluding carboxylic acids is 2. The molecule has 0 heterocycles. The number of benzene rings is 6. The molecule has 0 bridgehead atoms. The Kier molecular flexibility index (Phi) is 13.7. The number of esters is 1. The molecule has 0 radical (unpaired) electrons. The van der Waals surface area contributed by atoms with E-state index in [9.17, 15) is 19.5 Å². The van der Waals surface area contributed by atoms with E-state index < -0.39 is 35.8 Å². The van der Waals surface area contributed by atoms with Gasteiger partial charge in [0, 0.05) is 19.0 Å². The van der Waals surface area contributed by atoms with Gasteiger partial charge in [-0.3, -0.25) is 4.79 Å². The van der Waals surface area contributed by atoms with Crippen LogP contribution < -0.4 is 5.32 Å². The highest BCUT2D eigenvalue weighted by molar-refractivity contribution is 5.96. The van der Waals surface area contributed by atoms with E-state index in [1.54, 1.807) is 4.90 Å². The minimum absolute atomic E-state index is 0.0564. The van der Waals surface area contributed by atoms with E-state index in [0.29, 0.717) is 25.8 Å². The van der Waals surface area contributed by atoms with Crippen molar-refractivity contribution in [2.45, 2.75) is 51.7 Å². The number of hydrogen-bond acceptors (Lipinski definition) is 4. The molecule has 6 aromatic rings. The van der Waals surface area contributed by atoms with Gasteiger partial charge in [-0.2, -0.15) is 0 Å². The Hall–Kier alpha value is -6.21. The highest BCUT2D eigenvalue weighted by Crippen LogP contribution is 2.32. The molecule has 6 rings (SSSR count). The van der Waals surface area contributed by atoms with Gasteiger partial charge in [0.25, 0.3) is 0 Å². The number of nitrogens with zero attached hydrogens (tertiary/aromatic N) is 1. The van der Waals surface area contributed by atoms with Crippen molar-refractivity contribution in [1.29, 1.82) is 0 Å². The first kappa shape index (κ1) is 39.5. The molecule has 286 valence electrons. The summed E-state index contributed by atoms with van der Waals surface area (Å²) in [6, 6.07) is 49.8. The zero-order valence-electron chi connectivity index (χ0n) is 32.1. The minimum atomic E-state index is -1.26. The van der Waals surface area contributed by atoms with Crippen LogP contribution in [0.1, 0.15) is 48.4 Å². The van der Waals surface area contributed by atoms with Crippen LogP contribution in [0.25, 0.3) is 21.9 Å². The Morgan fingerprint density at radius 1 is 0.661 bits per heavy atom. The number of ether oxygens (including phenoxy) is 1. The molecule has 0 aliphatic carbocycles. The summed E-state index contributed by atoms with van der Waals surface area (Å²) < 4.78 is 5.82. The van der Waals surface area contributed by atoms with E-state index in [0.717, 1.165) is 44.2 Å². The predicted molar refractivity (Wildman–Crippen MR) is 223 cm³/mol. The molecule has 3 atom stereocenters. The largest absolute Gasteiger partial charge is 0.480 e. The molecule has 2 amide bonds. The molecule has 0 aliphatic rings. The first-order valence-corrected chi connectivity index (χ1v) is 19.4. The number of urea groups is 1. The molecule has 0 fully saturated rings. The Labute approximate surface area is 330 Å². The molecular formula is C49H50N2O5. The maximum absolute atomic E-state index is 14.4. The van der Waals surface area contributed by atoms with Crippen molar-refractivity contribution in [3.05, 3.63) is 180 Å². The van der Waals surface area contributed by atoms with Crippen molar-refractivity contribution < 1.29 is 24.2 Å². The smallest absolute Gasteiger partial charge is 0.326 e.